The molecular formula is C6H9N3O3. The van der Waals surface area contributed by atoms with Crippen LogP contribution in [-0.2, 0) is 4.74 Å². The number of carbonyl (C=O) groups is 1. The number of hydrogen-bond acceptors (Lipinski definition) is 6. The summed E-state index contributed by atoms with van der Waals surface area (Å²) in [5.74, 6) is -0.522. The molecule has 6 nitrogen and oxygen atoms in total. The Hall–Kier alpha value is -1.43. The van der Waals surface area contributed by atoms with Gasteiger partial charge in [0, 0.05) is 0 Å². The van der Waals surface area contributed by atoms with E-state index in [0.717, 1.165) is 0 Å². The Balaban J connectivity index is 2.84. The summed E-state index contributed by atoms with van der Waals surface area (Å²) in [6, 6.07) is -0.379. The number of esters is 1. The lowest BCUT2D eigenvalue weighted by Crippen LogP contribution is -2.07. The van der Waals surface area contributed by atoms with Gasteiger partial charge in [0.2, 0.25) is 5.89 Å². The molecule has 0 aliphatic heterocycles. The summed E-state index contributed by atoms with van der Waals surface area (Å²) in [5, 5.41) is 3.37. The van der Waals surface area contributed by atoms with Gasteiger partial charge in [-0.05, 0) is 12.1 Å². The first-order valence-electron chi connectivity index (χ1n) is 3.32. The molecule has 1 unspecified atom stereocenters. The quantitative estimate of drug-likeness (QED) is 0.623. The summed E-state index contributed by atoms with van der Waals surface area (Å²) in [6.07, 6.45) is 0. The van der Waals surface area contributed by atoms with Crippen molar-refractivity contribution in [2.45, 2.75) is 13.0 Å². The Morgan fingerprint density at radius 2 is 2.42 bits per heavy atom. The number of ether oxygens (including phenoxy) is 1. The topological polar surface area (TPSA) is 91.2 Å². The first-order valence-corrected chi connectivity index (χ1v) is 3.32. The van der Waals surface area contributed by atoms with Crippen LogP contribution in [0.3, 0.4) is 0 Å². The van der Waals surface area contributed by atoms with E-state index < -0.39 is 5.97 Å². The number of nitrogens with two attached hydrogens (primary N) is 1. The first-order chi connectivity index (χ1) is 5.65. The van der Waals surface area contributed by atoms with E-state index in [9.17, 15) is 4.79 Å². The molecule has 0 saturated heterocycles. The van der Waals surface area contributed by atoms with Crippen LogP contribution in [0.1, 0.15) is 29.5 Å². The molecule has 66 valence electrons. The average Bonchev–Trinajstić information content (AvgIpc) is 2.51. The summed E-state index contributed by atoms with van der Waals surface area (Å²) in [6.45, 7) is 1.68. The first kappa shape index (κ1) is 8.66. The molecule has 0 saturated carbocycles. The van der Waals surface area contributed by atoms with Gasteiger partial charge in [0.25, 0.3) is 5.82 Å². The van der Waals surface area contributed by atoms with Crippen molar-refractivity contribution in [2.24, 2.45) is 5.73 Å². The Morgan fingerprint density at radius 3 is 2.83 bits per heavy atom. The van der Waals surface area contributed by atoms with Gasteiger partial charge in [-0.1, -0.05) is 0 Å². The molecule has 1 rings (SSSR count). The maximum Gasteiger partial charge on any atom is 0.379 e. The standard InChI is InChI=1S/C6H9N3O3/c1-3(7)5-8-4(9-12-5)6(10)11-2/h3H,7H2,1-2H3. The third kappa shape index (κ3) is 1.59. The molecule has 1 atom stereocenters. The van der Waals surface area contributed by atoms with E-state index in [-0.39, 0.29) is 17.8 Å². The number of carbonyl (C=O) groups excluding carboxylic acids is 1. The normalized spacial score (nSPS) is 12.6. The molecule has 1 aromatic heterocycles. The number of nitrogens with zero attached hydrogens (tertiary/aromatic N) is 2. The highest BCUT2D eigenvalue weighted by atomic mass is 16.5. The van der Waals surface area contributed by atoms with Crippen molar-refractivity contribution >= 4 is 5.97 Å². The Bertz CT molecular complexity index is 281. The highest BCUT2D eigenvalue weighted by Gasteiger charge is 2.16. The fourth-order valence-electron chi connectivity index (χ4n) is 0.594. The molecular weight excluding hydrogens is 162 g/mol. The summed E-state index contributed by atoms with van der Waals surface area (Å²) < 4.78 is 9.03. The minimum absolute atomic E-state index is 0.107. The monoisotopic (exact) mass is 171 g/mol. The second-order valence-electron chi connectivity index (χ2n) is 2.24. The van der Waals surface area contributed by atoms with E-state index in [1.54, 1.807) is 6.92 Å². The number of methoxy groups -OCH3 is 1. The van der Waals surface area contributed by atoms with Gasteiger partial charge in [-0.25, -0.2) is 4.79 Å². The summed E-state index contributed by atoms with van der Waals surface area (Å²) >= 11 is 0. The largest absolute Gasteiger partial charge is 0.463 e. The molecule has 6 heteroatoms. The van der Waals surface area contributed by atoms with Crippen molar-refractivity contribution in [3.05, 3.63) is 11.7 Å². The zero-order valence-corrected chi connectivity index (χ0v) is 6.77. The second-order valence-corrected chi connectivity index (χ2v) is 2.24. The van der Waals surface area contributed by atoms with Gasteiger partial charge < -0.3 is 15.0 Å². The van der Waals surface area contributed by atoms with E-state index in [4.69, 9.17) is 5.73 Å². The lowest BCUT2D eigenvalue weighted by molar-refractivity contribution is 0.0583. The lowest BCUT2D eigenvalue weighted by Gasteiger charge is -1.92. The van der Waals surface area contributed by atoms with Crippen LogP contribution in [0, 0.1) is 0 Å². The predicted molar refractivity (Wildman–Crippen MR) is 38.2 cm³/mol. The zero-order chi connectivity index (χ0) is 9.14. The molecule has 1 heterocycles. The van der Waals surface area contributed by atoms with Crippen LogP contribution in [-0.4, -0.2) is 23.2 Å². The highest BCUT2D eigenvalue weighted by Crippen LogP contribution is 2.05. The van der Waals surface area contributed by atoms with E-state index in [1.165, 1.54) is 7.11 Å². The number of hydrogen-bond donors (Lipinski definition) is 1. The van der Waals surface area contributed by atoms with E-state index in [1.807, 2.05) is 0 Å². The highest BCUT2D eigenvalue weighted by molar-refractivity contribution is 5.84. The smallest absolute Gasteiger partial charge is 0.379 e. The summed E-state index contributed by atoms with van der Waals surface area (Å²) in [7, 11) is 1.24. The van der Waals surface area contributed by atoms with Crippen LogP contribution in [0.25, 0.3) is 0 Å². The zero-order valence-electron chi connectivity index (χ0n) is 6.77. The van der Waals surface area contributed by atoms with Crippen molar-refractivity contribution < 1.29 is 14.1 Å². The van der Waals surface area contributed by atoms with Crippen LogP contribution in [0.15, 0.2) is 4.52 Å². The second kappa shape index (κ2) is 3.31. The van der Waals surface area contributed by atoms with E-state index in [2.05, 4.69) is 19.4 Å². The van der Waals surface area contributed by atoms with E-state index in [0.29, 0.717) is 0 Å². The van der Waals surface area contributed by atoms with Gasteiger partial charge >= 0.3 is 5.97 Å². The minimum atomic E-state index is -0.634. The lowest BCUT2D eigenvalue weighted by atomic mass is 10.4. The van der Waals surface area contributed by atoms with Gasteiger partial charge in [0.1, 0.15) is 0 Å². The van der Waals surface area contributed by atoms with Crippen molar-refractivity contribution in [1.82, 2.24) is 10.1 Å². The van der Waals surface area contributed by atoms with Crippen LogP contribution < -0.4 is 5.73 Å². The predicted octanol–water partition coefficient (Wildman–Crippen LogP) is -0.124. The van der Waals surface area contributed by atoms with Crippen molar-refractivity contribution in [3.8, 4) is 0 Å². The third-order valence-electron chi connectivity index (χ3n) is 1.20. The molecule has 2 N–H and O–H groups in total. The SMILES string of the molecule is COC(=O)c1noc(C(C)N)n1. The van der Waals surface area contributed by atoms with Crippen molar-refractivity contribution in [3.63, 3.8) is 0 Å². The maximum atomic E-state index is 10.8. The van der Waals surface area contributed by atoms with Crippen molar-refractivity contribution in [1.29, 1.82) is 0 Å². The minimum Gasteiger partial charge on any atom is -0.463 e. The summed E-state index contributed by atoms with van der Waals surface area (Å²) in [5.41, 5.74) is 5.42. The Kier molecular flexibility index (Phi) is 2.39. The molecule has 0 bridgehead atoms. The molecule has 0 aliphatic carbocycles. The number of rotatable bonds is 2. The van der Waals surface area contributed by atoms with Gasteiger partial charge in [-0.15, -0.1) is 0 Å². The van der Waals surface area contributed by atoms with Crippen LogP contribution in [0.5, 0.6) is 0 Å². The van der Waals surface area contributed by atoms with Crippen LogP contribution in [0.2, 0.25) is 0 Å². The fourth-order valence-corrected chi connectivity index (χ4v) is 0.594. The maximum absolute atomic E-state index is 10.8. The van der Waals surface area contributed by atoms with E-state index >= 15 is 0 Å². The Morgan fingerprint density at radius 1 is 1.75 bits per heavy atom. The molecule has 0 amide bonds. The molecule has 0 fully saturated rings. The Labute approximate surface area is 68.7 Å². The third-order valence-corrected chi connectivity index (χ3v) is 1.20. The molecule has 1 aromatic rings. The van der Waals surface area contributed by atoms with Crippen LogP contribution in [0.4, 0.5) is 0 Å². The molecule has 0 aromatic carbocycles. The van der Waals surface area contributed by atoms with Gasteiger partial charge in [-0.2, -0.15) is 4.98 Å². The summed E-state index contributed by atoms with van der Waals surface area (Å²) in [4.78, 5) is 14.5. The van der Waals surface area contributed by atoms with Gasteiger partial charge in [-0.3, -0.25) is 0 Å². The number of aromatic nitrogens is 2. The van der Waals surface area contributed by atoms with Crippen molar-refractivity contribution in [2.75, 3.05) is 7.11 Å². The molecule has 0 aliphatic rings. The molecule has 0 spiro atoms. The van der Waals surface area contributed by atoms with Gasteiger partial charge in [0.05, 0.1) is 13.2 Å². The van der Waals surface area contributed by atoms with Crippen LogP contribution >= 0.6 is 0 Å². The van der Waals surface area contributed by atoms with Gasteiger partial charge in [0.15, 0.2) is 0 Å². The molecule has 12 heavy (non-hydrogen) atoms. The average molecular weight is 171 g/mol. The molecule has 0 radical (unpaired) electrons. The fraction of sp³-hybridized carbons (Fsp3) is 0.500.